The molecule has 39 heavy (non-hydrogen) atoms. The molecule has 0 aliphatic rings. The predicted molar refractivity (Wildman–Crippen MR) is 141 cm³/mol. The predicted octanol–water partition coefficient (Wildman–Crippen LogP) is 5.39. The van der Waals surface area contributed by atoms with Gasteiger partial charge in [-0.3, -0.25) is 14.6 Å². The summed E-state index contributed by atoms with van der Waals surface area (Å²) in [5, 5.41) is 3.66. The van der Waals surface area contributed by atoms with Crippen molar-refractivity contribution < 1.29 is 22.8 Å². The molecule has 6 nitrogen and oxygen atoms in total. The zero-order valence-corrected chi connectivity index (χ0v) is 20.5. The first kappa shape index (κ1) is 25.7. The number of nitrogens with two attached hydrogens (primary N) is 1. The van der Waals surface area contributed by atoms with Gasteiger partial charge in [0.1, 0.15) is 17.5 Å². The highest BCUT2D eigenvalue weighted by Crippen LogP contribution is 2.30. The van der Waals surface area contributed by atoms with Crippen molar-refractivity contribution in [3.63, 3.8) is 0 Å². The number of benzene rings is 3. The van der Waals surface area contributed by atoms with Crippen LogP contribution < -0.4 is 11.1 Å². The number of hydrogen-bond donors (Lipinski definition) is 3. The molecule has 0 saturated carbocycles. The van der Waals surface area contributed by atoms with Crippen molar-refractivity contribution in [3.8, 4) is 11.1 Å². The average molecular weight is 529 g/mol. The molecule has 1 atom stereocenters. The van der Waals surface area contributed by atoms with Crippen LogP contribution in [-0.4, -0.2) is 21.8 Å². The third-order valence-electron chi connectivity index (χ3n) is 6.40. The van der Waals surface area contributed by atoms with E-state index < -0.39 is 29.4 Å². The van der Waals surface area contributed by atoms with Crippen LogP contribution in [0, 0.1) is 17.5 Å². The lowest BCUT2D eigenvalue weighted by molar-refractivity contribution is -0.121. The zero-order valence-electron chi connectivity index (χ0n) is 20.5. The fourth-order valence-corrected chi connectivity index (χ4v) is 4.68. The van der Waals surface area contributed by atoms with E-state index in [2.05, 4.69) is 15.3 Å². The Morgan fingerprint density at radius 3 is 2.49 bits per heavy atom. The number of carbonyl (C=O) groups excluding carboxylic acids is 2. The van der Waals surface area contributed by atoms with Gasteiger partial charge in [-0.15, -0.1) is 0 Å². The number of primary amides is 1. The molecule has 0 unspecified atom stereocenters. The van der Waals surface area contributed by atoms with Crippen LogP contribution in [0.4, 0.5) is 13.2 Å². The topological polar surface area (TPSA) is 101 Å². The third-order valence-corrected chi connectivity index (χ3v) is 6.40. The van der Waals surface area contributed by atoms with Gasteiger partial charge in [0.15, 0.2) is 0 Å². The maximum absolute atomic E-state index is 14.0. The smallest absolute Gasteiger partial charge is 0.248 e. The number of nitrogens with zero attached hydrogens (tertiary/aromatic N) is 1. The summed E-state index contributed by atoms with van der Waals surface area (Å²) < 4.78 is 41.6. The Morgan fingerprint density at radius 1 is 0.923 bits per heavy atom. The molecule has 2 heterocycles. The number of hydrogen-bond acceptors (Lipinski definition) is 3. The van der Waals surface area contributed by atoms with E-state index in [1.54, 1.807) is 54.9 Å². The second-order valence-electron chi connectivity index (χ2n) is 9.16. The van der Waals surface area contributed by atoms with E-state index in [4.69, 9.17) is 5.73 Å². The highest BCUT2D eigenvalue weighted by Gasteiger charge is 2.22. The average Bonchev–Trinajstić information content (AvgIpc) is 3.29. The summed E-state index contributed by atoms with van der Waals surface area (Å²) in [7, 11) is 0. The van der Waals surface area contributed by atoms with Crippen LogP contribution in [0.5, 0.6) is 0 Å². The highest BCUT2D eigenvalue weighted by molar-refractivity contribution is 5.94. The SMILES string of the molecule is NC(=O)c1cccc(-c2cccnc2[C@H](Cc2cc(F)cc(F)c2)NC(=O)Cc2c[nH]c3cc(F)ccc23)c1. The number of H-pyrrole nitrogens is 1. The van der Waals surface area contributed by atoms with Crippen LogP contribution in [0.15, 0.2) is 85.2 Å². The lowest BCUT2D eigenvalue weighted by Gasteiger charge is -2.22. The largest absolute Gasteiger partial charge is 0.366 e. The van der Waals surface area contributed by atoms with E-state index >= 15 is 0 Å². The monoisotopic (exact) mass is 528 g/mol. The van der Waals surface area contributed by atoms with Gasteiger partial charge in [0.05, 0.1) is 18.2 Å². The van der Waals surface area contributed by atoms with Crippen LogP contribution in [0.3, 0.4) is 0 Å². The minimum atomic E-state index is -0.783. The van der Waals surface area contributed by atoms with Gasteiger partial charge in [0.25, 0.3) is 0 Å². The third kappa shape index (κ3) is 5.82. The summed E-state index contributed by atoms with van der Waals surface area (Å²) in [4.78, 5) is 32.5. The van der Waals surface area contributed by atoms with E-state index in [1.807, 2.05) is 0 Å². The maximum Gasteiger partial charge on any atom is 0.248 e. The first-order chi connectivity index (χ1) is 18.8. The molecule has 0 spiro atoms. The van der Waals surface area contributed by atoms with E-state index in [-0.39, 0.29) is 18.7 Å². The summed E-state index contributed by atoms with van der Waals surface area (Å²) >= 11 is 0. The Hall–Kier alpha value is -4.92. The van der Waals surface area contributed by atoms with Crippen LogP contribution >= 0.6 is 0 Å². The Kier molecular flexibility index (Phi) is 7.14. The minimum Gasteiger partial charge on any atom is -0.366 e. The lowest BCUT2D eigenvalue weighted by Crippen LogP contribution is -2.32. The van der Waals surface area contributed by atoms with Crippen LogP contribution in [0.2, 0.25) is 0 Å². The second kappa shape index (κ2) is 10.8. The quantitative estimate of drug-likeness (QED) is 0.252. The molecule has 0 radical (unpaired) electrons. The molecule has 196 valence electrons. The molecule has 5 aromatic rings. The highest BCUT2D eigenvalue weighted by atomic mass is 19.1. The van der Waals surface area contributed by atoms with Gasteiger partial charge in [-0.2, -0.15) is 0 Å². The number of amides is 2. The molecule has 4 N–H and O–H groups in total. The molecule has 0 saturated heterocycles. The summed E-state index contributed by atoms with van der Waals surface area (Å²) in [5.41, 5.74) is 9.00. The van der Waals surface area contributed by atoms with Crippen molar-refractivity contribution in [2.75, 3.05) is 0 Å². The van der Waals surface area contributed by atoms with Crippen molar-refractivity contribution >= 4 is 22.7 Å². The van der Waals surface area contributed by atoms with Gasteiger partial charge in [0, 0.05) is 40.5 Å². The molecule has 5 rings (SSSR count). The number of rotatable bonds is 8. The molecule has 9 heteroatoms. The zero-order chi connectivity index (χ0) is 27.5. The number of carbonyl (C=O) groups is 2. The van der Waals surface area contributed by atoms with Crippen LogP contribution in [-0.2, 0) is 17.6 Å². The fraction of sp³-hybridized carbons (Fsp3) is 0.100. The van der Waals surface area contributed by atoms with Crippen molar-refractivity contribution in [1.29, 1.82) is 0 Å². The van der Waals surface area contributed by atoms with E-state index in [1.165, 1.54) is 24.3 Å². The summed E-state index contributed by atoms with van der Waals surface area (Å²) in [5.74, 6) is -2.84. The van der Waals surface area contributed by atoms with Gasteiger partial charge in [-0.1, -0.05) is 18.2 Å². The van der Waals surface area contributed by atoms with Crippen molar-refractivity contribution in [3.05, 3.63) is 125 Å². The summed E-state index contributed by atoms with van der Waals surface area (Å²) in [6.07, 6.45) is 3.20. The fourth-order valence-electron chi connectivity index (χ4n) is 4.68. The van der Waals surface area contributed by atoms with Crippen LogP contribution in [0.1, 0.15) is 33.2 Å². The number of aromatic amines is 1. The Balaban J connectivity index is 1.51. The van der Waals surface area contributed by atoms with Gasteiger partial charge in [0.2, 0.25) is 11.8 Å². The molecule has 2 amide bonds. The summed E-state index contributed by atoms with van der Waals surface area (Å²) in [6.45, 7) is 0. The van der Waals surface area contributed by atoms with Crippen molar-refractivity contribution in [1.82, 2.24) is 15.3 Å². The Bertz CT molecular complexity index is 1680. The van der Waals surface area contributed by atoms with Gasteiger partial charge in [-0.05, 0) is 71.6 Å². The van der Waals surface area contributed by atoms with Crippen LogP contribution in [0.25, 0.3) is 22.0 Å². The number of fused-ring (bicyclic) bond motifs is 1. The van der Waals surface area contributed by atoms with Crippen molar-refractivity contribution in [2.24, 2.45) is 5.73 Å². The van der Waals surface area contributed by atoms with Gasteiger partial charge >= 0.3 is 0 Å². The van der Waals surface area contributed by atoms with E-state index in [9.17, 15) is 22.8 Å². The number of aromatic nitrogens is 2. The van der Waals surface area contributed by atoms with Gasteiger partial charge in [-0.25, -0.2) is 13.2 Å². The molecular formula is C30H23F3N4O2. The number of halogens is 3. The Morgan fingerprint density at radius 2 is 1.72 bits per heavy atom. The summed E-state index contributed by atoms with van der Waals surface area (Å²) in [6, 6.07) is 16.8. The second-order valence-corrected chi connectivity index (χ2v) is 9.16. The molecule has 0 aliphatic carbocycles. The molecular weight excluding hydrogens is 505 g/mol. The van der Waals surface area contributed by atoms with Gasteiger partial charge < -0.3 is 16.0 Å². The maximum atomic E-state index is 14.0. The number of nitrogens with one attached hydrogen (secondary N) is 2. The normalized spacial score (nSPS) is 11.9. The number of pyridine rings is 1. The van der Waals surface area contributed by atoms with E-state index in [0.29, 0.717) is 44.4 Å². The Labute approximate surface area is 221 Å². The molecule has 0 aliphatic heterocycles. The molecule has 3 aromatic carbocycles. The standard InChI is InChI=1S/C30H23F3N4O2/c31-21-6-7-24-20(16-36-26(24)15-21)13-28(38)37-27(11-17-9-22(32)14-23(33)10-17)29-25(5-2-8-35-29)18-3-1-4-19(12-18)30(34)39/h1-10,12,14-16,27,36H,11,13H2,(H2,34,39)(H,37,38)/t27-/m0/s1. The first-order valence-corrected chi connectivity index (χ1v) is 12.1. The van der Waals surface area contributed by atoms with E-state index in [0.717, 1.165) is 6.07 Å². The minimum absolute atomic E-state index is 0.0288. The van der Waals surface area contributed by atoms with Crippen molar-refractivity contribution in [2.45, 2.75) is 18.9 Å². The lowest BCUT2D eigenvalue weighted by atomic mass is 9.94. The molecule has 0 fully saturated rings. The molecule has 2 aromatic heterocycles. The molecule has 0 bridgehead atoms. The first-order valence-electron chi connectivity index (χ1n) is 12.1.